The first-order valence-corrected chi connectivity index (χ1v) is 3.53. The van der Waals surface area contributed by atoms with Crippen molar-refractivity contribution in [1.29, 1.82) is 0 Å². The van der Waals surface area contributed by atoms with E-state index in [1.807, 2.05) is 0 Å². The third kappa shape index (κ3) is 2.46. The average Bonchev–Trinajstić information content (AvgIpc) is 2.31. The van der Waals surface area contributed by atoms with E-state index in [1.54, 1.807) is 0 Å². The van der Waals surface area contributed by atoms with Gasteiger partial charge in [-0.15, -0.1) is 0 Å². The van der Waals surface area contributed by atoms with Gasteiger partial charge in [-0.25, -0.2) is 0 Å². The van der Waals surface area contributed by atoms with E-state index < -0.39 is 37.3 Å². The van der Waals surface area contributed by atoms with E-state index >= 15 is 0 Å². The summed E-state index contributed by atoms with van der Waals surface area (Å²) in [5.41, 5.74) is 0. The molecule has 7 heteroatoms. The van der Waals surface area contributed by atoms with E-state index in [4.69, 9.17) is 20.4 Å². The van der Waals surface area contributed by atoms with Crippen LogP contribution < -0.4 is 0 Å². The van der Waals surface area contributed by atoms with Gasteiger partial charge in [0.05, 0.1) is 13.2 Å². The summed E-state index contributed by atoms with van der Waals surface area (Å²) in [6.07, 6.45) is -4.04. The third-order valence-electron chi connectivity index (χ3n) is 1.93. The number of hydrogen-bond donors (Lipinski definition) is 5. The summed E-state index contributed by atoms with van der Waals surface area (Å²) in [5.74, 6) is -2.16. The van der Waals surface area contributed by atoms with Crippen molar-refractivity contribution in [3.8, 4) is 0 Å². The van der Waals surface area contributed by atoms with E-state index in [0.717, 1.165) is 0 Å². The van der Waals surface area contributed by atoms with Gasteiger partial charge in [0.15, 0.2) is 0 Å². The number of ether oxygens (including phenoxy) is 1. The van der Waals surface area contributed by atoms with Gasteiger partial charge in [-0.1, -0.05) is 0 Å². The maximum Gasteiger partial charge on any atom is 0.219 e. The fraction of sp³-hybridized carbons (Fsp3) is 1.00. The first kappa shape index (κ1) is 13.9. The van der Waals surface area contributed by atoms with Gasteiger partial charge >= 0.3 is 0 Å². The molecule has 0 aromatic carbocycles. The Morgan fingerprint density at radius 3 is 2.00 bits per heavy atom. The second kappa shape index (κ2) is 5.09. The molecule has 1 radical (unpaired) electrons. The molecule has 1 heterocycles. The zero-order valence-corrected chi connectivity index (χ0v) is 9.71. The van der Waals surface area contributed by atoms with Crippen LogP contribution in [0.4, 0.5) is 0 Å². The SMILES string of the molecule is OCC1OC(O)(CO)C(O)C1O.[Y]. The molecule has 1 aliphatic rings. The molecule has 0 amide bonds. The molecule has 1 saturated heterocycles. The third-order valence-corrected chi connectivity index (χ3v) is 1.93. The molecule has 1 rings (SSSR count). The van der Waals surface area contributed by atoms with Gasteiger partial charge in [-0.3, -0.25) is 0 Å². The fourth-order valence-electron chi connectivity index (χ4n) is 1.15. The molecule has 0 saturated carbocycles. The van der Waals surface area contributed by atoms with Crippen LogP contribution >= 0.6 is 0 Å². The molecular weight excluding hydrogens is 257 g/mol. The van der Waals surface area contributed by atoms with Crippen LogP contribution in [0.2, 0.25) is 0 Å². The summed E-state index contributed by atoms with van der Waals surface area (Å²) in [7, 11) is 0. The predicted molar refractivity (Wildman–Crippen MR) is 36.0 cm³/mol. The molecule has 0 bridgehead atoms. The minimum atomic E-state index is -2.16. The number of aliphatic hydroxyl groups excluding tert-OH is 4. The Hall–Kier alpha value is 0.864. The van der Waals surface area contributed by atoms with Crippen molar-refractivity contribution in [2.45, 2.75) is 24.1 Å². The Labute approximate surface area is 100 Å². The van der Waals surface area contributed by atoms with Crippen LogP contribution in [0.25, 0.3) is 0 Å². The first-order valence-electron chi connectivity index (χ1n) is 3.53. The maximum absolute atomic E-state index is 9.25. The van der Waals surface area contributed by atoms with Crippen molar-refractivity contribution in [2.75, 3.05) is 13.2 Å². The van der Waals surface area contributed by atoms with Crippen LogP contribution in [-0.2, 0) is 37.4 Å². The summed E-state index contributed by atoms with van der Waals surface area (Å²) in [4.78, 5) is 0. The van der Waals surface area contributed by atoms with Crippen molar-refractivity contribution in [2.24, 2.45) is 0 Å². The van der Waals surface area contributed by atoms with Crippen LogP contribution in [0, 0.1) is 0 Å². The zero-order chi connectivity index (χ0) is 9.35. The molecule has 4 unspecified atom stereocenters. The second-order valence-corrected chi connectivity index (χ2v) is 2.78. The molecule has 0 spiro atoms. The Balaban J connectivity index is 0.00000144. The Kier molecular flexibility index (Phi) is 5.43. The molecule has 4 atom stereocenters. The monoisotopic (exact) mass is 269 g/mol. The van der Waals surface area contributed by atoms with Gasteiger partial charge in [0.2, 0.25) is 5.79 Å². The van der Waals surface area contributed by atoms with Crippen molar-refractivity contribution in [3.63, 3.8) is 0 Å². The van der Waals surface area contributed by atoms with E-state index in [1.165, 1.54) is 0 Å². The standard InChI is InChI=1S/C6H12O6.Y/c7-1-3-4(9)5(10)6(11,2-8)12-3;/h3-5,7-11H,1-2H2;. The van der Waals surface area contributed by atoms with Crippen molar-refractivity contribution < 1.29 is 63.0 Å². The van der Waals surface area contributed by atoms with Gasteiger partial charge in [-0.05, 0) is 0 Å². The molecule has 0 aromatic heterocycles. The smallest absolute Gasteiger partial charge is 0.219 e. The maximum atomic E-state index is 9.25. The summed E-state index contributed by atoms with van der Waals surface area (Å²) in [6, 6.07) is 0. The second-order valence-electron chi connectivity index (χ2n) is 2.78. The molecule has 75 valence electrons. The summed E-state index contributed by atoms with van der Waals surface area (Å²) in [5, 5.41) is 44.7. The number of hydrogen-bond acceptors (Lipinski definition) is 6. The fourth-order valence-corrected chi connectivity index (χ4v) is 1.15. The number of aliphatic hydroxyl groups is 5. The molecule has 1 fully saturated rings. The Morgan fingerprint density at radius 2 is 1.77 bits per heavy atom. The molecular formula is C6H12O6Y. The molecule has 5 N–H and O–H groups in total. The van der Waals surface area contributed by atoms with Crippen molar-refractivity contribution in [3.05, 3.63) is 0 Å². The minimum Gasteiger partial charge on any atom is -0.394 e. The topological polar surface area (TPSA) is 110 Å². The molecule has 6 nitrogen and oxygen atoms in total. The normalized spacial score (nSPS) is 44.5. The molecule has 1 aliphatic heterocycles. The van der Waals surface area contributed by atoms with Gasteiger partial charge in [0.1, 0.15) is 18.3 Å². The average molecular weight is 269 g/mol. The largest absolute Gasteiger partial charge is 0.394 e. The van der Waals surface area contributed by atoms with Gasteiger partial charge in [0.25, 0.3) is 0 Å². The molecule has 0 aliphatic carbocycles. The summed E-state index contributed by atoms with van der Waals surface area (Å²) >= 11 is 0. The van der Waals surface area contributed by atoms with E-state index in [0.29, 0.717) is 0 Å². The van der Waals surface area contributed by atoms with E-state index in [9.17, 15) is 5.11 Å². The summed E-state index contributed by atoms with van der Waals surface area (Å²) in [6.45, 7) is -1.36. The van der Waals surface area contributed by atoms with Gasteiger partial charge in [0, 0.05) is 32.7 Å². The Morgan fingerprint density at radius 1 is 1.23 bits per heavy atom. The zero-order valence-electron chi connectivity index (χ0n) is 6.87. The summed E-state index contributed by atoms with van der Waals surface area (Å²) < 4.78 is 4.63. The minimum absolute atomic E-state index is 0. The first-order chi connectivity index (χ1) is 5.55. The molecule has 13 heavy (non-hydrogen) atoms. The quantitative estimate of drug-likeness (QED) is 0.361. The predicted octanol–water partition coefficient (Wildman–Crippen LogP) is -3.22. The van der Waals surface area contributed by atoms with Crippen LogP contribution in [0.15, 0.2) is 0 Å². The van der Waals surface area contributed by atoms with Crippen LogP contribution in [0.1, 0.15) is 0 Å². The van der Waals surface area contributed by atoms with Crippen LogP contribution in [0.5, 0.6) is 0 Å². The van der Waals surface area contributed by atoms with Crippen LogP contribution in [0.3, 0.4) is 0 Å². The van der Waals surface area contributed by atoms with Gasteiger partial charge < -0.3 is 30.3 Å². The van der Waals surface area contributed by atoms with Crippen LogP contribution in [-0.4, -0.2) is 62.8 Å². The number of rotatable bonds is 2. The van der Waals surface area contributed by atoms with E-state index in [2.05, 4.69) is 4.74 Å². The molecule has 0 aromatic rings. The van der Waals surface area contributed by atoms with Crippen molar-refractivity contribution >= 4 is 0 Å². The Bertz CT molecular complexity index is 167. The van der Waals surface area contributed by atoms with E-state index in [-0.39, 0.29) is 32.7 Å². The van der Waals surface area contributed by atoms with Crippen molar-refractivity contribution in [1.82, 2.24) is 0 Å². The van der Waals surface area contributed by atoms with Gasteiger partial charge in [-0.2, -0.15) is 0 Å².